The molecule has 3 heterocycles. The predicted molar refractivity (Wildman–Crippen MR) is 80.8 cm³/mol. The Hall–Kier alpha value is -1.03. The summed E-state index contributed by atoms with van der Waals surface area (Å²) < 4.78 is 39.1. The number of piperidine rings is 1. The van der Waals surface area contributed by atoms with Gasteiger partial charge >= 0.3 is 0 Å². The fourth-order valence-corrected chi connectivity index (χ4v) is 4.51. The van der Waals surface area contributed by atoms with Crippen LogP contribution in [-0.2, 0) is 14.9 Å². The average Bonchev–Trinajstić information content (AvgIpc) is 3.10. The highest BCUT2D eigenvalue weighted by atomic mass is 32.2. The third kappa shape index (κ3) is 2.79. The van der Waals surface area contributed by atoms with E-state index in [9.17, 15) is 8.42 Å². The van der Waals surface area contributed by atoms with Crippen LogP contribution in [0.3, 0.4) is 0 Å². The lowest BCUT2D eigenvalue weighted by Crippen LogP contribution is -2.49. The summed E-state index contributed by atoms with van der Waals surface area (Å²) in [7, 11) is -0.278. The van der Waals surface area contributed by atoms with Gasteiger partial charge in [-0.15, -0.1) is 10.2 Å². The van der Waals surface area contributed by atoms with Gasteiger partial charge in [0.15, 0.2) is 0 Å². The number of hydrogen-bond donors (Lipinski definition) is 0. The van der Waals surface area contributed by atoms with E-state index in [2.05, 4.69) is 10.2 Å². The lowest BCUT2D eigenvalue weighted by atomic mass is 9.93. The normalized spacial score (nSPS) is 32.4. The second kappa shape index (κ2) is 5.51. The van der Waals surface area contributed by atoms with Crippen molar-refractivity contribution < 1.29 is 17.6 Å². The van der Waals surface area contributed by atoms with Crippen LogP contribution in [0.25, 0.3) is 0 Å². The number of aromatic nitrogens is 2. The Bertz CT molecular complexity index is 685. The van der Waals surface area contributed by atoms with Gasteiger partial charge in [0.2, 0.25) is 11.8 Å². The highest BCUT2D eigenvalue weighted by Gasteiger charge is 2.44. The Kier molecular flexibility index (Phi) is 3.71. The molecular weight excluding hydrogens is 320 g/mol. The van der Waals surface area contributed by atoms with Gasteiger partial charge in [0.05, 0.1) is 6.10 Å². The summed E-state index contributed by atoms with van der Waals surface area (Å²) in [5.74, 6) is 2.05. The average molecular weight is 342 g/mol. The van der Waals surface area contributed by atoms with Gasteiger partial charge in [0.1, 0.15) is 6.10 Å². The van der Waals surface area contributed by atoms with Crippen molar-refractivity contribution in [1.29, 1.82) is 0 Å². The molecule has 3 fully saturated rings. The fourth-order valence-electron chi connectivity index (χ4n) is 3.37. The smallest absolute Gasteiger partial charge is 0.281 e. The maximum absolute atomic E-state index is 12.3. The van der Waals surface area contributed by atoms with Crippen LogP contribution in [0.15, 0.2) is 4.42 Å². The van der Waals surface area contributed by atoms with Crippen molar-refractivity contribution in [2.75, 3.05) is 27.2 Å². The van der Waals surface area contributed by atoms with Crippen molar-refractivity contribution in [2.45, 2.75) is 43.8 Å². The van der Waals surface area contributed by atoms with E-state index in [4.69, 9.17) is 9.15 Å². The molecule has 1 aromatic heterocycles. The zero-order valence-corrected chi connectivity index (χ0v) is 14.2. The summed E-state index contributed by atoms with van der Waals surface area (Å²) in [6.07, 6.45) is 3.57. The first kappa shape index (κ1) is 15.5. The summed E-state index contributed by atoms with van der Waals surface area (Å²) in [5, 5.41) is 8.24. The SMILES string of the molecule is CN(C)S(=O)(=O)N1CC[C@H]2C[C@@H](c3nnc(C4CC4)o3)O[C@@H]2C1. The van der Waals surface area contributed by atoms with E-state index in [1.165, 1.54) is 8.61 Å². The monoisotopic (exact) mass is 342 g/mol. The van der Waals surface area contributed by atoms with E-state index < -0.39 is 10.2 Å². The molecule has 0 radical (unpaired) electrons. The molecule has 2 aliphatic heterocycles. The fraction of sp³-hybridized carbons (Fsp3) is 0.857. The molecule has 128 valence electrons. The molecule has 0 unspecified atom stereocenters. The van der Waals surface area contributed by atoms with Gasteiger partial charge in [-0.1, -0.05) is 0 Å². The van der Waals surface area contributed by atoms with E-state index in [0.29, 0.717) is 30.8 Å². The Labute approximate surface area is 136 Å². The second-order valence-electron chi connectivity index (χ2n) is 6.85. The minimum Gasteiger partial charge on any atom is -0.422 e. The first-order chi connectivity index (χ1) is 10.9. The highest BCUT2D eigenvalue weighted by Crippen LogP contribution is 2.43. The van der Waals surface area contributed by atoms with E-state index in [1.807, 2.05) is 0 Å². The van der Waals surface area contributed by atoms with Crippen LogP contribution in [-0.4, -0.2) is 60.5 Å². The molecule has 0 amide bonds. The van der Waals surface area contributed by atoms with Crippen molar-refractivity contribution in [3.8, 4) is 0 Å². The molecule has 4 rings (SSSR count). The van der Waals surface area contributed by atoms with Gasteiger partial charge in [-0.2, -0.15) is 17.0 Å². The van der Waals surface area contributed by atoms with E-state index in [-0.39, 0.29) is 12.2 Å². The van der Waals surface area contributed by atoms with Crippen LogP contribution in [0, 0.1) is 5.92 Å². The molecular formula is C14H22N4O4S. The number of fused-ring (bicyclic) bond motifs is 1. The van der Waals surface area contributed by atoms with Crippen molar-refractivity contribution in [3.63, 3.8) is 0 Å². The largest absolute Gasteiger partial charge is 0.422 e. The first-order valence-corrected chi connectivity index (χ1v) is 9.51. The third-order valence-corrected chi connectivity index (χ3v) is 6.87. The Morgan fingerprint density at radius 2 is 1.91 bits per heavy atom. The summed E-state index contributed by atoms with van der Waals surface area (Å²) in [6, 6.07) is 0. The molecule has 1 saturated carbocycles. The van der Waals surface area contributed by atoms with E-state index >= 15 is 0 Å². The number of hydrogen-bond acceptors (Lipinski definition) is 6. The van der Waals surface area contributed by atoms with Gasteiger partial charge in [-0.25, -0.2) is 0 Å². The minimum absolute atomic E-state index is 0.0975. The highest BCUT2D eigenvalue weighted by molar-refractivity contribution is 7.86. The molecule has 1 aromatic rings. The van der Waals surface area contributed by atoms with Gasteiger partial charge < -0.3 is 9.15 Å². The molecule has 1 aliphatic carbocycles. The van der Waals surface area contributed by atoms with Crippen LogP contribution in [0.4, 0.5) is 0 Å². The third-order valence-electron chi connectivity index (χ3n) is 4.96. The van der Waals surface area contributed by atoms with E-state index in [0.717, 1.165) is 31.6 Å². The quantitative estimate of drug-likeness (QED) is 0.808. The van der Waals surface area contributed by atoms with Crippen LogP contribution in [0.1, 0.15) is 49.5 Å². The van der Waals surface area contributed by atoms with Crippen molar-refractivity contribution in [3.05, 3.63) is 11.8 Å². The lowest BCUT2D eigenvalue weighted by Gasteiger charge is -2.34. The molecule has 9 heteroatoms. The van der Waals surface area contributed by atoms with Crippen molar-refractivity contribution in [2.24, 2.45) is 5.92 Å². The molecule has 0 spiro atoms. The summed E-state index contributed by atoms with van der Waals surface area (Å²) in [5.41, 5.74) is 0. The standard InChI is InChI=1S/C14H22N4O4S/c1-17(2)23(19,20)18-6-5-10-7-11(21-12(10)8-18)14-16-15-13(22-14)9-3-4-9/h9-12H,3-8H2,1-2H3/t10-,11-,12+/m0/s1. The molecule has 3 aliphatic rings. The zero-order valence-electron chi connectivity index (χ0n) is 13.4. The first-order valence-electron chi connectivity index (χ1n) is 8.11. The Morgan fingerprint density at radius 3 is 2.61 bits per heavy atom. The molecule has 3 atom stereocenters. The second-order valence-corrected chi connectivity index (χ2v) is 8.99. The van der Waals surface area contributed by atoms with Crippen LogP contribution < -0.4 is 0 Å². The summed E-state index contributed by atoms with van der Waals surface area (Å²) in [4.78, 5) is 0. The molecule has 23 heavy (non-hydrogen) atoms. The van der Waals surface area contributed by atoms with Gasteiger partial charge in [0, 0.05) is 33.1 Å². The Morgan fingerprint density at radius 1 is 1.17 bits per heavy atom. The summed E-state index contributed by atoms with van der Waals surface area (Å²) >= 11 is 0. The topological polar surface area (TPSA) is 88.8 Å². The maximum Gasteiger partial charge on any atom is 0.281 e. The predicted octanol–water partition coefficient (Wildman–Crippen LogP) is 0.905. The number of ether oxygens (including phenoxy) is 1. The summed E-state index contributed by atoms with van der Waals surface area (Å²) in [6.45, 7) is 0.931. The molecule has 0 bridgehead atoms. The number of nitrogens with zero attached hydrogens (tertiary/aromatic N) is 4. The van der Waals surface area contributed by atoms with Crippen LogP contribution >= 0.6 is 0 Å². The van der Waals surface area contributed by atoms with Gasteiger partial charge in [0.25, 0.3) is 10.2 Å². The van der Waals surface area contributed by atoms with E-state index in [1.54, 1.807) is 14.1 Å². The van der Waals surface area contributed by atoms with Crippen LogP contribution in [0.5, 0.6) is 0 Å². The molecule has 8 nitrogen and oxygen atoms in total. The molecule has 0 aromatic carbocycles. The molecule has 0 N–H and O–H groups in total. The van der Waals surface area contributed by atoms with Crippen molar-refractivity contribution in [1.82, 2.24) is 18.8 Å². The Balaban J connectivity index is 1.45. The minimum atomic E-state index is -3.38. The van der Waals surface area contributed by atoms with Gasteiger partial charge in [-0.3, -0.25) is 0 Å². The zero-order chi connectivity index (χ0) is 16.2. The molecule has 2 saturated heterocycles. The maximum atomic E-state index is 12.3. The van der Waals surface area contributed by atoms with Crippen LogP contribution in [0.2, 0.25) is 0 Å². The lowest BCUT2D eigenvalue weighted by molar-refractivity contribution is -0.00107. The number of rotatable bonds is 4. The van der Waals surface area contributed by atoms with Crippen molar-refractivity contribution >= 4 is 10.2 Å². The van der Waals surface area contributed by atoms with Gasteiger partial charge in [-0.05, 0) is 31.6 Å².